The SMILES string of the molecule is C=CCC(C(=O)N1C(=O)OCC1C(C)C)c1cc(OC)c(OC)c(OC)c1. The monoisotopic (exact) mass is 377 g/mol. The molecule has 1 aromatic carbocycles. The summed E-state index contributed by atoms with van der Waals surface area (Å²) in [5.41, 5.74) is 0.650. The van der Waals surface area contributed by atoms with Crippen LogP contribution < -0.4 is 14.2 Å². The van der Waals surface area contributed by atoms with Gasteiger partial charge in [-0.05, 0) is 30.0 Å². The lowest BCUT2D eigenvalue weighted by atomic mass is 9.92. The zero-order chi connectivity index (χ0) is 20.1. The second kappa shape index (κ2) is 8.79. The lowest BCUT2D eigenvalue weighted by Gasteiger charge is -2.27. The molecule has 7 nitrogen and oxygen atoms in total. The minimum absolute atomic E-state index is 0.0877. The third-order valence-corrected chi connectivity index (χ3v) is 4.70. The Morgan fingerprint density at radius 1 is 1.26 bits per heavy atom. The number of carbonyl (C=O) groups is 2. The van der Waals surface area contributed by atoms with E-state index < -0.39 is 12.0 Å². The Labute approximate surface area is 159 Å². The minimum atomic E-state index is -0.622. The highest BCUT2D eigenvalue weighted by atomic mass is 16.6. The summed E-state index contributed by atoms with van der Waals surface area (Å²) < 4.78 is 21.2. The van der Waals surface area contributed by atoms with E-state index in [9.17, 15) is 9.59 Å². The maximum atomic E-state index is 13.3. The van der Waals surface area contributed by atoms with Crippen molar-refractivity contribution < 1.29 is 28.5 Å². The van der Waals surface area contributed by atoms with E-state index in [1.807, 2.05) is 13.8 Å². The van der Waals surface area contributed by atoms with Crippen molar-refractivity contribution in [1.29, 1.82) is 0 Å². The van der Waals surface area contributed by atoms with E-state index in [0.29, 0.717) is 29.2 Å². The molecule has 2 amide bonds. The van der Waals surface area contributed by atoms with Gasteiger partial charge >= 0.3 is 6.09 Å². The molecule has 27 heavy (non-hydrogen) atoms. The molecule has 0 spiro atoms. The molecule has 7 heteroatoms. The topological polar surface area (TPSA) is 74.3 Å². The van der Waals surface area contributed by atoms with Crippen LogP contribution in [-0.2, 0) is 9.53 Å². The molecule has 1 heterocycles. The summed E-state index contributed by atoms with van der Waals surface area (Å²) >= 11 is 0. The van der Waals surface area contributed by atoms with Crippen LogP contribution in [0.2, 0.25) is 0 Å². The molecule has 2 atom stereocenters. The molecular formula is C20H27NO6. The van der Waals surface area contributed by atoms with Crippen LogP contribution >= 0.6 is 0 Å². The summed E-state index contributed by atoms with van der Waals surface area (Å²) in [5.74, 6) is 0.462. The van der Waals surface area contributed by atoms with Gasteiger partial charge in [0.25, 0.3) is 0 Å². The van der Waals surface area contributed by atoms with Gasteiger partial charge in [0.15, 0.2) is 11.5 Å². The van der Waals surface area contributed by atoms with Crippen LogP contribution in [-0.4, -0.2) is 50.9 Å². The van der Waals surface area contributed by atoms with Crippen LogP contribution in [0.5, 0.6) is 17.2 Å². The summed E-state index contributed by atoms with van der Waals surface area (Å²) in [6.45, 7) is 7.87. The maximum Gasteiger partial charge on any atom is 0.417 e. The molecule has 0 aromatic heterocycles. The molecule has 0 saturated carbocycles. The molecule has 148 valence electrons. The molecule has 1 aliphatic heterocycles. The fourth-order valence-electron chi connectivity index (χ4n) is 3.20. The highest BCUT2D eigenvalue weighted by molar-refractivity contribution is 5.97. The van der Waals surface area contributed by atoms with Crippen molar-refractivity contribution in [3.63, 3.8) is 0 Å². The summed E-state index contributed by atoms with van der Waals surface area (Å²) in [5, 5.41) is 0. The second-order valence-corrected chi connectivity index (χ2v) is 6.63. The first-order valence-corrected chi connectivity index (χ1v) is 8.80. The number of hydrogen-bond acceptors (Lipinski definition) is 6. The second-order valence-electron chi connectivity index (χ2n) is 6.63. The molecule has 1 aliphatic rings. The van der Waals surface area contributed by atoms with Crippen LogP contribution in [0.1, 0.15) is 31.7 Å². The van der Waals surface area contributed by atoms with Crippen LogP contribution in [0, 0.1) is 5.92 Å². The van der Waals surface area contributed by atoms with E-state index in [-0.39, 0.29) is 24.5 Å². The molecule has 0 aliphatic carbocycles. The van der Waals surface area contributed by atoms with E-state index in [1.165, 1.54) is 26.2 Å². The normalized spacial score (nSPS) is 17.5. The number of rotatable bonds is 8. The van der Waals surface area contributed by atoms with Gasteiger partial charge in [-0.2, -0.15) is 0 Å². The number of nitrogens with zero attached hydrogens (tertiary/aromatic N) is 1. The quantitative estimate of drug-likeness (QED) is 0.647. The van der Waals surface area contributed by atoms with Crippen LogP contribution in [0.25, 0.3) is 0 Å². The minimum Gasteiger partial charge on any atom is -0.493 e. The third kappa shape index (κ3) is 4.02. The summed E-state index contributed by atoms with van der Waals surface area (Å²) in [4.78, 5) is 26.7. The molecular weight excluding hydrogens is 350 g/mol. The Hall–Kier alpha value is -2.70. The highest BCUT2D eigenvalue weighted by Gasteiger charge is 2.42. The van der Waals surface area contributed by atoms with E-state index in [2.05, 4.69) is 6.58 Å². The average molecular weight is 377 g/mol. The number of ether oxygens (including phenoxy) is 4. The van der Waals surface area contributed by atoms with Crippen molar-refractivity contribution in [1.82, 2.24) is 4.90 Å². The predicted octanol–water partition coefficient (Wildman–Crippen LogP) is 3.38. The van der Waals surface area contributed by atoms with Gasteiger partial charge in [0, 0.05) is 0 Å². The van der Waals surface area contributed by atoms with E-state index in [4.69, 9.17) is 18.9 Å². The number of amides is 2. The maximum absolute atomic E-state index is 13.3. The first-order chi connectivity index (χ1) is 12.9. The number of methoxy groups -OCH3 is 3. The summed E-state index contributed by atoms with van der Waals surface area (Å²) in [6.07, 6.45) is 1.39. The Bertz CT molecular complexity index is 689. The Balaban J connectivity index is 2.49. The lowest BCUT2D eigenvalue weighted by Crippen LogP contribution is -2.44. The van der Waals surface area contributed by atoms with Crippen LogP contribution in [0.15, 0.2) is 24.8 Å². The first kappa shape index (κ1) is 20.6. The molecule has 0 N–H and O–H groups in total. The average Bonchev–Trinajstić information content (AvgIpc) is 3.06. The van der Waals surface area contributed by atoms with Crippen molar-refractivity contribution in [3.05, 3.63) is 30.4 Å². The van der Waals surface area contributed by atoms with Gasteiger partial charge < -0.3 is 18.9 Å². The van der Waals surface area contributed by atoms with Crippen LogP contribution in [0.3, 0.4) is 0 Å². The van der Waals surface area contributed by atoms with E-state index in [0.717, 1.165) is 0 Å². The van der Waals surface area contributed by atoms with Gasteiger partial charge in [-0.25, -0.2) is 9.69 Å². The highest BCUT2D eigenvalue weighted by Crippen LogP contribution is 2.41. The van der Waals surface area contributed by atoms with Gasteiger partial charge in [0.1, 0.15) is 6.61 Å². The van der Waals surface area contributed by atoms with Crippen molar-refractivity contribution in [3.8, 4) is 17.2 Å². The zero-order valence-electron chi connectivity index (χ0n) is 16.5. The van der Waals surface area contributed by atoms with Crippen molar-refractivity contribution in [2.75, 3.05) is 27.9 Å². The standard InChI is InChI=1S/C20H27NO6/c1-7-8-14(19(22)21-15(12(2)3)11-27-20(21)23)13-9-16(24-4)18(26-6)17(10-13)25-5/h7,9-10,12,14-15H,1,8,11H2,2-6H3. The van der Waals surface area contributed by atoms with E-state index >= 15 is 0 Å². The number of allylic oxidation sites excluding steroid dienone is 1. The predicted molar refractivity (Wildman–Crippen MR) is 100 cm³/mol. The summed E-state index contributed by atoms with van der Waals surface area (Å²) in [6, 6.07) is 3.15. The number of benzene rings is 1. The van der Waals surface area contributed by atoms with Gasteiger partial charge in [-0.3, -0.25) is 4.79 Å². The van der Waals surface area contributed by atoms with Crippen molar-refractivity contribution >= 4 is 12.0 Å². The molecule has 0 bridgehead atoms. The Kier molecular flexibility index (Phi) is 6.71. The molecule has 1 saturated heterocycles. The third-order valence-electron chi connectivity index (χ3n) is 4.70. The number of imide groups is 1. The van der Waals surface area contributed by atoms with Crippen LogP contribution in [0.4, 0.5) is 4.79 Å². The fraction of sp³-hybridized carbons (Fsp3) is 0.500. The Morgan fingerprint density at radius 3 is 2.30 bits per heavy atom. The summed E-state index contributed by atoms with van der Waals surface area (Å²) in [7, 11) is 4.54. The smallest absolute Gasteiger partial charge is 0.417 e. The van der Waals surface area contributed by atoms with Gasteiger partial charge in [0.05, 0.1) is 33.3 Å². The number of cyclic esters (lactones) is 1. The van der Waals surface area contributed by atoms with Gasteiger partial charge in [0.2, 0.25) is 11.7 Å². The molecule has 1 aromatic rings. The number of hydrogen-bond donors (Lipinski definition) is 0. The van der Waals surface area contributed by atoms with E-state index in [1.54, 1.807) is 18.2 Å². The molecule has 1 fully saturated rings. The fourth-order valence-corrected chi connectivity index (χ4v) is 3.20. The van der Waals surface area contributed by atoms with Gasteiger partial charge in [-0.15, -0.1) is 6.58 Å². The molecule has 0 radical (unpaired) electrons. The van der Waals surface area contributed by atoms with Crippen molar-refractivity contribution in [2.24, 2.45) is 5.92 Å². The lowest BCUT2D eigenvalue weighted by molar-refractivity contribution is -0.131. The Morgan fingerprint density at radius 2 is 1.85 bits per heavy atom. The molecule has 2 rings (SSSR count). The largest absolute Gasteiger partial charge is 0.493 e. The molecule has 2 unspecified atom stereocenters. The zero-order valence-corrected chi connectivity index (χ0v) is 16.5. The number of carbonyl (C=O) groups excluding carboxylic acids is 2. The van der Waals surface area contributed by atoms with Crippen molar-refractivity contribution in [2.45, 2.75) is 32.2 Å². The first-order valence-electron chi connectivity index (χ1n) is 8.80. The van der Waals surface area contributed by atoms with Gasteiger partial charge in [-0.1, -0.05) is 19.9 Å².